The highest BCUT2D eigenvalue weighted by Crippen LogP contribution is 2.20. The van der Waals surface area contributed by atoms with Gasteiger partial charge < -0.3 is 20.7 Å². The van der Waals surface area contributed by atoms with Gasteiger partial charge in [-0.3, -0.25) is 14.4 Å². The zero-order chi connectivity index (χ0) is 29.2. The molecule has 11 heteroatoms. The second-order valence-electron chi connectivity index (χ2n) is 10.9. The lowest BCUT2D eigenvalue weighted by molar-refractivity contribution is -0.160. The number of alkyl halides is 2. The molecule has 0 aromatic heterocycles. The number of hydrogen-bond donors (Lipinski definition) is 3. The SMILES string of the molecule is CC(C)[C@H](NC(=O)OCc1ccccc1)C(=O)NC(Cc1ccccc1)C(=O)C(F)(F)C(=O)NC[Si](C)(C)C. The summed E-state index contributed by atoms with van der Waals surface area (Å²) in [7, 11) is -1.92. The molecule has 3 amide bonds. The Kier molecular flexibility index (Phi) is 11.3. The van der Waals surface area contributed by atoms with Crippen LogP contribution in [-0.4, -0.2) is 55.9 Å². The van der Waals surface area contributed by atoms with Gasteiger partial charge in [0.15, 0.2) is 0 Å². The second kappa shape index (κ2) is 14.0. The third kappa shape index (κ3) is 10.2. The Morgan fingerprint density at radius 3 is 1.92 bits per heavy atom. The molecule has 3 N–H and O–H groups in total. The number of alkyl carbamates (subject to hydrolysis) is 1. The number of ketones is 1. The fraction of sp³-hybridized carbons (Fsp3) is 0.429. The smallest absolute Gasteiger partial charge is 0.408 e. The Hall–Kier alpha value is -3.60. The van der Waals surface area contributed by atoms with Crippen molar-refractivity contribution in [2.45, 2.75) is 64.5 Å². The van der Waals surface area contributed by atoms with Crippen molar-refractivity contribution >= 4 is 31.8 Å². The van der Waals surface area contributed by atoms with Crippen LogP contribution in [0.25, 0.3) is 0 Å². The highest BCUT2D eigenvalue weighted by Gasteiger charge is 2.50. The summed E-state index contributed by atoms with van der Waals surface area (Å²) in [6.45, 7) is 8.91. The van der Waals surface area contributed by atoms with Gasteiger partial charge in [0.1, 0.15) is 12.6 Å². The van der Waals surface area contributed by atoms with Crippen molar-refractivity contribution in [3.05, 3.63) is 71.8 Å². The molecule has 0 heterocycles. The molecule has 2 aromatic carbocycles. The van der Waals surface area contributed by atoms with E-state index in [4.69, 9.17) is 4.74 Å². The topological polar surface area (TPSA) is 114 Å². The van der Waals surface area contributed by atoms with E-state index in [2.05, 4.69) is 16.0 Å². The molecule has 8 nitrogen and oxygen atoms in total. The molecule has 0 aliphatic rings. The van der Waals surface area contributed by atoms with E-state index in [9.17, 15) is 19.2 Å². The number of carbonyl (C=O) groups is 4. The first-order valence-corrected chi connectivity index (χ1v) is 16.4. The average molecular weight is 562 g/mol. The molecule has 39 heavy (non-hydrogen) atoms. The van der Waals surface area contributed by atoms with Gasteiger partial charge in [0, 0.05) is 12.6 Å². The molecule has 0 saturated carbocycles. The first-order chi connectivity index (χ1) is 18.2. The van der Waals surface area contributed by atoms with E-state index >= 15 is 8.78 Å². The molecule has 212 valence electrons. The van der Waals surface area contributed by atoms with Crippen molar-refractivity contribution in [1.29, 1.82) is 0 Å². The van der Waals surface area contributed by atoms with Gasteiger partial charge in [-0.25, -0.2) is 4.79 Å². The minimum Gasteiger partial charge on any atom is -0.445 e. The van der Waals surface area contributed by atoms with Crippen LogP contribution in [0.15, 0.2) is 60.7 Å². The minimum atomic E-state index is -4.37. The highest BCUT2D eigenvalue weighted by molar-refractivity contribution is 6.76. The number of amides is 3. The number of Topliss-reactive ketones (excluding diaryl/α,β-unsaturated/α-hetero) is 1. The van der Waals surface area contributed by atoms with E-state index in [-0.39, 0.29) is 19.2 Å². The predicted molar refractivity (Wildman–Crippen MR) is 147 cm³/mol. The third-order valence-electron chi connectivity index (χ3n) is 5.72. The lowest BCUT2D eigenvalue weighted by atomic mass is 9.96. The highest BCUT2D eigenvalue weighted by atomic mass is 28.3. The van der Waals surface area contributed by atoms with Crippen LogP contribution in [0.2, 0.25) is 19.6 Å². The normalized spacial score (nSPS) is 13.2. The van der Waals surface area contributed by atoms with Crippen LogP contribution in [-0.2, 0) is 32.1 Å². The van der Waals surface area contributed by atoms with E-state index in [0.717, 1.165) is 5.56 Å². The summed E-state index contributed by atoms with van der Waals surface area (Å²) in [4.78, 5) is 50.9. The summed E-state index contributed by atoms with van der Waals surface area (Å²) in [5.41, 5.74) is 1.24. The molecule has 2 aromatic rings. The number of carbonyl (C=O) groups excluding carboxylic acids is 4. The van der Waals surface area contributed by atoms with Crippen LogP contribution in [0.1, 0.15) is 25.0 Å². The second-order valence-corrected chi connectivity index (χ2v) is 16.3. The Morgan fingerprint density at radius 1 is 0.872 bits per heavy atom. The van der Waals surface area contributed by atoms with Gasteiger partial charge in [-0.15, -0.1) is 0 Å². The maximum atomic E-state index is 15.0. The molecule has 0 aliphatic carbocycles. The van der Waals surface area contributed by atoms with Gasteiger partial charge in [0.25, 0.3) is 5.91 Å². The van der Waals surface area contributed by atoms with E-state index < -0.39 is 55.7 Å². The van der Waals surface area contributed by atoms with Crippen molar-refractivity contribution < 1.29 is 32.7 Å². The van der Waals surface area contributed by atoms with Gasteiger partial charge in [-0.1, -0.05) is 94.2 Å². The van der Waals surface area contributed by atoms with Crippen LogP contribution < -0.4 is 16.0 Å². The van der Waals surface area contributed by atoms with Crippen molar-refractivity contribution in [3.63, 3.8) is 0 Å². The van der Waals surface area contributed by atoms with E-state index in [1.807, 2.05) is 25.7 Å². The summed E-state index contributed by atoms with van der Waals surface area (Å²) >= 11 is 0. The van der Waals surface area contributed by atoms with Crippen LogP contribution in [0, 0.1) is 5.92 Å². The molecule has 0 bridgehead atoms. The third-order valence-corrected chi connectivity index (χ3v) is 6.96. The molecular weight excluding hydrogens is 524 g/mol. The van der Waals surface area contributed by atoms with Gasteiger partial charge >= 0.3 is 12.0 Å². The number of rotatable bonds is 13. The molecule has 0 fully saturated rings. The maximum Gasteiger partial charge on any atom is 0.408 e. The largest absolute Gasteiger partial charge is 0.445 e. The molecule has 2 atom stereocenters. The summed E-state index contributed by atoms with van der Waals surface area (Å²) < 4.78 is 35.2. The van der Waals surface area contributed by atoms with Gasteiger partial charge in [0.2, 0.25) is 11.7 Å². The molecule has 0 aliphatic heterocycles. The number of nitrogens with one attached hydrogen (secondary N) is 3. The molecule has 0 saturated heterocycles. The van der Waals surface area contributed by atoms with Gasteiger partial charge in [-0.05, 0) is 17.0 Å². The van der Waals surface area contributed by atoms with E-state index in [0.29, 0.717) is 5.56 Å². The first-order valence-electron chi connectivity index (χ1n) is 12.7. The molecule has 2 rings (SSSR count). The zero-order valence-electron chi connectivity index (χ0n) is 22.9. The van der Waals surface area contributed by atoms with E-state index in [1.165, 1.54) is 0 Å². The Labute approximate surface area is 228 Å². The number of halogens is 2. The summed E-state index contributed by atoms with van der Waals surface area (Å²) in [5.74, 6) is -9.13. The lowest BCUT2D eigenvalue weighted by Crippen LogP contribution is -2.59. The Bertz CT molecular complexity index is 1130. The quantitative estimate of drug-likeness (QED) is 0.254. The first kappa shape index (κ1) is 31.6. The number of ether oxygens (including phenoxy) is 1. The fourth-order valence-corrected chi connectivity index (χ4v) is 4.23. The minimum absolute atomic E-state index is 0.0347. The summed E-state index contributed by atoms with van der Waals surface area (Å²) in [5, 5.41) is 6.97. The van der Waals surface area contributed by atoms with E-state index in [1.54, 1.807) is 68.4 Å². The van der Waals surface area contributed by atoms with Crippen molar-refractivity contribution in [2.75, 3.05) is 6.17 Å². The molecular formula is C28H37F2N3O5Si. The monoisotopic (exact) mass is 561 g/mol. The zero-order valence-corrected chi connectivity index (χ0v) is 23.9. The summed E-state index contributed by atoms with van der Waals surface area (Å²) in [6, 6.07) is 14.3. The standard InChI is InChI=1S/C28H37F2N3O5Si/c1-19(2)23(33-27(37)38-17-21-14-10-7-11-15-21)25(35)32-22(16-20-12-8-6-9-13-20)24(34)28(29,30)26(36)31-18-39(3,4)5/h6-15,19,22-23H,16-18H2,1-5H3,(H,31,36)(H,32,35)(H,33,37)/t22?,23-/m0/s1. The van der Waals surface area contributed by atoms with Gasteiger partial charge in [0.05, 0.1) is 14.1 Å². The maximum absolute atomic E-state index is 15.0. The van der Waals surface area contributed by atoms with Crippen LogP contribution in [0.4, 0.5) is 13.6 Å². The van der Waals surface area contributed by atoms with Crippen molar-refractivity contribution in [1.82, 2.24) is 16.0 Å². The van der Waals surface area contributed by atoms with Crippen LogP contribution in [0.3, 0.4) is 0 Å². The van der Waals surface area contributed by atoms with Gasteiger partial charge in [-0.2, -0.15) is 8.78 Å². The fourth-order valence-electron chi connectivity index (χ4n) is 3.53. The Morgan fingerprint density at radius 2 is 1.41 bits per heavy atom. The Balaban J connectivity index is 2.19. The van der Waals surface area contributed by atoms with Crippen LogP contribution >= 0.6 is 0 Å². The molecule has 1 unspecified atom stereocenters. The van der Waals surface area contributed by atoms with Crippen LogP contribution in [0.5, 0.6) is 0 Å². The lowest BCUT2D eigenvalue weighted by Gasteiger charge is -2.27. The predicted octanol–water partition coefficient (Wildman–Crippen LogP) is 3.86. The van der Waals surface area contributed by atoms with Crippen molar-refractivity contribution in [2.24, 2.45) is 5.92 Å². The summed E-state index contributed by atoms with van der Waals surface area (Å²) in [6.07, 6.45) is -1.09. The number of benzene rings is 2. The molecule has 0 radical (unpaired) electrons. The average Bonchev–Trinajstić information content (AvgIpc) is 2.88. The molecule has 0 spiro atoms. The van der Waals surface area contributed by atoms with Crippen molar-refractivity contribution in [3.8, 4) is 0 Å². The number of hydrogen-bond acceptors (Lipinski definition) is 5.